The fourth-order valence-corrected chi connectivity index (χ4v) is 4.33. The van der Waals surface area contributed by atoms with Gasteiger partial charge in [0.25, 0.3) is 5.89 Å². The highest BCUT2D eigenvalue weighted by Crippen LogP contribution is 2.37. The van der Waals surface area contributed by atoms with Gasteiger partial charge in [-0.1, -0.05) is 58.7 Å². The average molecular weight is 483 g/mol. The Morgan fingerprint density at radius 3 is 2.55 bits per heavy atom. The summed E-state index contributed by atoms with van der Waals surface area (Å²) in [6.45, 7) is 8.19. The van der Waals surface area contributed by atoms with Crippen LogP contribution in [0.25, 0.3) is 17.0 Å². The van der Waals surface area contributed by atoms with Crippen molar-refractivity contribution in [2.24, 2.45) is 0 Å². The van der Waals surface area contributed by atoms with Gasteiger partial charge in [-0.2, -0.15) is 4.98 Å². The molecule has 0 radical (unpaired) electrons. The van der Waals surface area contributed by atoms with Crippen LogP contribution in [0.3, 0.4) is 0 Å². The van der Waals surface area contributed by atoms with Crippen LogP contribution in [-0.4, -0.2) is 39.9 Å². The number of ether oxygens (including phenoxy) is 1. The summed E-state index contributed by atoms with van der Waals surface area (Å²) in [6, 6.07) is 15.5. The van der Waals surface area contributed by atoms with E-state index in [1.807, 2.05) is 69.3 Å². The van der Waals surface area contributed by atoms with Crippen LogP contribution in [0.1, 0.15) is 43.3 Å². The minimum absolute atomic E-state index is 0.232. The first-order valence-electron chi connectivity index (χ1n) is 11.0. The number of thiocarbonyl (C=S) groups is 1. The maximum Gasteiger partial charge on any atom is 0.258 e. The van der Waals surface area contributed by atoms with Crippen LogP contribution in [0.15, 0.2) is 58.8 Å². The van der Waals surface area contributed by atoms with E-state index in [-0.39, 0.29) is 6.04 Å². The van der Waals surface area contributed by atoms with Crippen LogP contribution in [0, 0.1) is 6.92 Å². The maximum atomic E-state index is 6.13. The molecule has 3 aromatic rings. The van der Waals surface area contributed by atoms with Crippen molar-refractivity contribution in [1.82, 2.24) is 20.4 Å². The van der Waals surface area contributed by atoms with E-state index in [0.29, 0.717) is 35.1 Å². The average Bonchev–Trinajstić information content (AvgIpc) is 3.29. The Morgan fingerprint density at radius 2 is 1.85 bits per heavy atom. The first-order valence-corrected chi connectivity index (χ1v) is 11.8. The highest BCUT2D eigenvalue weighted by atomic mass is 35.5. The Hall–Kier alpha value is -2.74. The van der Waals surface area contributed by atoms with Crippen molar-refractivity contribution in [1.29, 1.82) is 0 Å². The van der Waals surface area contributed by atoms with Gasteiger partial charge in [-0.25, -0.2) is 0 Å². The van der Waals surface area contributed by atoms with Gasteiger partial charge in [-0.15, -0.1) is 0 Å². The van der Waals surface area contributed by atoms with Gasteiger partial charge in [-0.05, 0) is 57.1 Å². The number of allylic oxidation sites excluding steroid dienone is 1. The Labute approximate surface area is 204 Å². The number of nitrogens with zero attached hydrogens (tertiary/aromatic N) is 3. The van der Waals surface area contributed by atoms with Crippen LogP contribution in [0.5, 0.6) is 0 Å². The minimum atomic E-state index is -0.232. The van der Waals surface area contributed by atoms with Gasteiger partial charge in [0.15, 0.2) is 5.11 Å². The number of halogens is 1. The summed E-state index contributed by atoms with van der Waals surface area (Å²) >= 11 is 11.9. The van der Waals surface area contributed by atoms with Gasteiger partial charge in [0.1, 0.15) is 0 Å². The first kappa shape index (κ1) is 23.4. The quantitative estimate of drug-likeness (QED) is 0.322. The summed E-state index contributed by atoms with van der Waals surface area (Å²) in [5.41, 5.74) is 4.98. The second-order valence-electron chi connectivity index (χ2n) is 7.92. The molecule has 1 aromatic heterocycles. The lowest BCUT2D eigenvalue weighted by Crippen LogP contribution is -2.46. The van der Waals surface area contributed by atoms with E-state index < -0.39 is 0 Å². The van der Waals surface area contributed by atoms with Crippen molar-refractivity contribution in [2.45, 2.75) is 33.2 Å². The maximum absolute atomic E-state index is 6.13. The van der Waals surface area contributed by atoms with E-state index in [1.165, 1.54) is 5.56 Å². The molecule has 2 heterocycles. The molecule has 1 aliphatic rings. The van der Waals surface area contributed by atoms with Gasteiger partial charge in [0.05, 0.1) is 11.6 Å². The van der Waals surface area contributed by atoms with Crippen molar-refractivity contribution in [3.63, 3.8) is 0 Å². The molecule has 0 aliphatic carbocycles. The lowest BCUT2D eigenvalue weighted by atomic mass is 9.95. The Morgan fingerprint density at radius 1 is 1.12 bits per heavy atom. The number of nitrogens with one attached hydrogen (secondary N) is 1. The molecule has 1 unspecified atom stereocenters. The van der Waals surface area contributed by atoms with Crippen LogP contribution in [0.2, 0.25) is 5.02 Å². The summed E-state index contributed by atoms with van der Waals surface area (Å²) in [7, 11) is 0. The number of hydrogen-bond acceptors (Lipinski definition) is 5. The number of hydrogen-bond donors (Lipinski definition) is 1. The van der Waals surface area contributed by atoms with E-state index in [4.69, 9.17) is 38.1 Å². The molecule has 0 saturated heterocycles. The molecule has 0 fully saturated rings. The highest BCUT2D eigenvalue weighted by molar-refractivity contribution is 7.80. The van der Waals surface area contributed by atoms with Gasteiger partial charge in [0, 0.05) is 36.0 Å². The molecule has 1 N–H and O–H groups in total. The molecule has 8 heteroatoms. The Bertz CT molecular complexity index is 1140. The molecule has 1 aliphatic heterocycles. The summed E-state index contributed by atoms with van der Waals surface area (Å²) in [5.74, 6) is 1.02. The van der Waals surface area contributed by atoms with Crippen molar-refractivity contribution in [2.75, 3.05) is 19.8 Å². The summed E-state index contributed by atoms with van der Waals surface area (Å²) < 4.78 is 11.3. The summed E-state index contributed by atoms with van der Waals surface area (Å²) in [6.07, 6.45) is 0.852. The second-order valence-corrected chi connectivity index (χ2v) is 8.75. The van der Waals surface area contributed by atoms with Crippen molar-refractivity contribution < 1.29 is 9.26 Å². The van der Waals surface area contributed by atoms with Crippen LogP contribution in [-0.2, 0) is 4.74 Å². The predicted molar refractivity (Wildman–Crippen MR) is 135 cm³/mol. The third-order valence-electron chi connectivity index (χ3n) is 5.64. The van der Waals surface area contributed by atoms with Crippen molar-refractivity contribution >= 4 is 34.5 Å². The monoisotopic (exact) mass is 482 g/mol. The largest absolute Gasteiger partial charge is 0.382 e. The lowest BCUT2D eigenvalue weighted by molar-refractivity contribution is 0.141. The van der Waals surface area contributed by atoms with Crippen molar-refractivity contribution in [3.05, 3.63) is 76.3 Å². The van der Waals surface area contributed by atoms with E-state index in [0.717, 1.165) is 35.4 Å². The molecule has 0 bridgehead atoms. The van der Waals surface area contributed by atoms with Crippen LogP contribution < -0.4 is 5.32 Å². The molecule has 0 spiro atoms. The highest BCUT2D eigenvalue weighted by Gasteiger charge is 2.33. The fraction of sp³-hybridized carbons (Fsp3) is 0.320. The third kappa shape index (κ3) is 5.27. The third-order valence-corrected chi connectivity index (χ3v) is 6.23. The molecule has 0 saturated carbocycles. The number of aryl methyl sites for hydroxylation is 1. The number of aromatic nitrogens is 2. The molecule has 2 aromatic carbocycles. The standard InChI is InChI=1S/C25H27ClN4O2S/c1-4-31-15-5-14-30-17(3)21(22(27-25(30)33)18-10-12-20(26)13-11-18)24-28-23(29-32-24)19-8-6-16(2)7-9-19/h6-13,22H,4-5,14-15H2,1-3H3,(H,27,33). The van der Waals surface area contributed by atoms with Gasteiger partial charge >= 0.3 is 0 Å². The van der Waals surface area contributed by atoms with Crippen molar-refractivity contribution in [3.8, 4) is 11.4 Å². The Balaban J connectivity index is 1.73. The molecule has 0 amide bonds. The van der Waals surface area contributed by atoms with E-state index in [2.05, 4.69) is 15.4 Å². The summed E-state index contributed by atoms with van der Waals surface area (Å²) in [4.78, 5) is 6.83. The van der Waals surface area contributed by atoms with Crippen LogP contribution >= 0.6 is 23.8 Å². The minimum Gasteiger partial charge on any atom is -0.382 e. The van der Waals surface area contributed by atoms with Gasteiger partial charge in [-0.3, -0.25) is 0 Å². The normalized spacial score (nSPS) is 16.3. The summed E-state index contributed by atoms with van der Waals surface area (Å²) in [5, 5.41) is 9.06. The molecule has 33 heavy (non-hydrogen) atoms. The fourth-order valence-electron chi connectivity index (χ4n) is 3.85. The molecule has 172 valence electrons. The zero-order valence-corrected chi connectivity index (χ0v) is 20.5. The first-order chi connectivity index (χ1) is 16.0. The van der Waals surface area contributed by atoms with E-state index in [9.17, 15) is 0 Å². The van der Waals surface area contributed by atoms with Crippen LogP contribution in [0.4, 0.5) is 0 Å². The Kier molecular flexibility index (Phi) is 7.42. The zero-order chi connectivity index (χ0) is 23.4. The van der Waals surface area contributed by atoms with Gasteiger partial charge in [0.2, 0.25) is 5.82 Å². The smallest absolute Gasteiger partial charge is 0.258 e. The molecular weight excluding hydrogens is 456 g/mol. The predicted octanol–water partition coefficient (Wildman–Crippen LogP) is 5.79. The molecular formula is C25H27ClN4O2S. The number of benzene rings is 2. The number of rotatable bonds is 8. The second kappa shape index (κ2) is 10.5. The lowest BCUT2D eigenvalue weighted by Gasteiger charge is -2.37. The van der Waals surface area contributed by atoms with E-state index in [1.54, 1.807) is 0 Å². The topological polar surface area (TPSA) is 63.4 Å². The molecule has 4 rings (SSSR count). The molecule has 6 nitrogen and oxygen atoms in total. The molecule has 1 atom stereocenters. The van der Waals surface area contributed by atoms with E-state index >= 15 is 0 Å². The van der Waals surface area contributed by atoms with Gasteiger partial charge < -0.3 is 19.5 Å². The zero-order valence-electron chi connectivity index (χ0n) is 19.0. The SMILES string of the molecule is CCOCCCN1C(=S)NC(c2ccc(Cl)cc2)C(c2nc(-c3ccc(C)cc3)no2)=C1C.